The number of amides is 1. The third-order valence-corrected chi connectivity index (χ3v) is 4.77. The van der Waals surface area contributed by atoms with Gasteiger partial charge in [-0.1, -0.05) is 18.2 Å². The second-order valence-corrected chi connectivity index (χ2v) is 6.93. The summed E-state index contributed by atoms with van der Waals surface area (Å²) in [6.45, 7) is 5.57. The fourth-order valence-corrected chi connectivity index (χ4v) is 3.17. The van der Waals surface area contributed by atoms with Gasteiger partial charge in [-0.05, 0) is 37.3 Å². The highest BCUT2D eigenvalue weighted by molar-refractivity contribution is 7.89. The van der Waals surface area contributed by atoms with Gasteiger partial charge in [0.25, 0.3) is 5.91 Å². The molecule has 0 unspecified atom stereocenters. The molecule has 8 heteroatoms. The number of halogens is 1. The van der Waals surface area contributed by atoms with Gasteiger partial charge in [-0.2, -0.15) is 0 Å². The molecule has 0 radical (unpaired) electrons. The van der Waals surface area contributed by atoms with Crippen LogP contribution in [0, 0.1) is 5.82 Å². The van der Waals surface area contributed by atoms with E-state index in [1.807, 2.05) is 0 Å². The van der Waals surface area contributed by atoms with Crippen LogP contribution in [0.4, 0.5) is 10.1 Å². The van der Waals surface area contributed by atoms with E-state index in [4.69, 9.17) is 4.74 Å². The van der Waals surface area contributed by atoms with Crippen molar-refractivity contribution in [2.24, 2.45) is 0 Å². The molecule has 0 spiro atoms. The van der Waals surface area contributed by atoms with Crippen LogP contribution >= 0.6 is 0 Å². The van der Waals surface area contributed by atoms with E-state index >= 15 is 0 Å². The van der Waals surface area contributed by atoms with Gasteiger partial charge in [0.1, 0.15) is 11.6 Å². The van der Waals surface area contributed by atoms with Crippen LogP contribution in [0.3, 0.4) is 0 Å². The molecule has 0 saturated carbocycles. The van der Waals surface area contributed by atoms with Gasteiger partial charge in [0, 0.05) is 6.54 Å². The van der Waals surface area contributed by atoms with E-state index in [-0.39, 0.29) is 28.4 Å². The van der Waals surface area contributed by atoms with Crippen molar-refractivity contribution in [3.8, 4) is 5.75 Å². The number of rotatable bonds is 8. The van der Waals surface area contributed by atoms with Crippen molar-refractivity contribution in [3.63, 3.8) is 0 Å². The standard InChI is InChI=1S/C18H19FN2O4S/c1-3-11-20-26(23,24)13-9-10-17(25-4-2)16(12-13)21-18(22)14-7-5-6-8-15(14)19/h3,5-10,12,20H,1,4,11H2,2H3,(H,21,22). The van der Waals surface area contributed by atoms with Gasteiger partial charge < -0.3 is 10.1 Å². The Morgan fingerprint density at radius 3 is 2.65 bits per heavy atom. The van der Waals surface area contributed by atoms with Crippen molar-refractivity contribution < 1.29 is 22.3 Å². The molecule has 2 aromatic rings. The molecule has 0 saturated heterocycles. The van der Waals surface area contributed by atoms with Crippen molar-refractivity contribution in [3.05, 3.63) is 66.5 Å². The third kappa shape index (κ3) is 4.68. The van der Waals surface area contributed by atoms with E-state index in [0.29, 0.717) is 6.61 Å². The summed E-state index contributed by atoms with van der Waals surface area (Å²) in [6.07, 6.45) is 1.41. The van der Waals surface area contributed by atoms with Crippen LogP contribution in [0.15, 0.2) is 60.0 Å². The summed E-state index contributed by atoms with van der Waals surface area (Å²) in [5, 5.41) is 2.50. The normalized spacial score (nSPS) is 11.0. The molecule has 2 aromatic carbocycles. The quantitative estimate of drug-likeness (QED) is 0.692. The maximum atomic E-state index is 13.8. The summed E-state index contributed by atoms with van der Waals surface area (Å²) in [6, 6.07) is 9.54. The molecule has 0 aliphatic carbocycles. The number of anilines is 1. The number of sulfonamides is 1. The lowest BCUT2D eigenvalue weighted by Crippen LogP contribution is -2.24. The molecule has 0 aliphatic heterocycles. The summed E-state index contributed by atoms with van der Waals surface area (Å²) < 4.78 is 46.0. The largest absolute Gasteiger partial charge is 0.492 e. The molecule has 0 atom stereocenters. The Bertz CT molecular complexity index is 913. The second-order valence-electron chi connectivity index (χ2n) is 5.17. The SMILES string of the molecule is C=CCNS(=O)(=O)c1ccc(OCC)c(NC(=O)c2ccccc2F)c1. The monoisotopic (exact) mass is 378 g/mol. The minimum absolute atomic E-state index is 0.0620. The highest BCUT2D eigenvalue weighted by Crippen LogP contribution is 2.28. The van der Waals surface area contributed by atoms with Crippen LogP contribution in [0.5, 0.6) is 5.75 Å². The van der Waals surface area contributed by atoms with Crippen LogP contribution < -0.4 is 14.8 Å². The summed E-state index contributed by atoms with van der Waals surface area (Å²) in [7, 11) is -3.79. The number of hydrogen-bond donors (Lipinski definition) is 2. The highest BCUT2D eigenvalue weighted by atomic mass is 32.2. The van der Waals surface area contributed by atoms with E-state index in [2.05, 4.69) is 16.6 Å². The van der Waals surface area contributed by atoms with Gasteiger partial charge in [0.2, 0.25) is 10.0 Å². The zero-order valence-electron chi connectivity index (χ0n) is 14.2. The van der Waals surface area contributed by atoms with E-state index in [0.717, 1.165) is 0 Å². The van der Waals surface area contributed by atoms with E-state index in [9.17, 15) is 17.6 Å². The maximum Gasteiger partial charge on any atom is 0.258 e. The minimum atomic E-state index is -3.79. The number of ether oxygens (including phenoxy) is 1. The molecular formula is C18H19FN2O4S. The Morgan fingerprint density at radius 2 is 2.00 bits per heavy atom. The molecule has 0 aromatic heterocycles. The summed E-state index contributed by atoms with van der Waals surface area (Å²) >= 11 is 0. The predicted octanol–water partition coefficient (Wildman–Crippen LogP) is 2.94. The van der Waals surface area contributed by atoms with Crippen molar-refractivity contribution in [2.45, 2.75) is 11.8 Å². The fraction of sp³-hybridized carbons (Fsp3) is 0.167. The Labute approximate surface area is 151 Å². The molecule has 6 nitrogen and oxygen atoms in total. The van der Waals surface area contributed by atoms with Crippen molar-refractivity contribution in [1.29, 1.82) is 0 Å². The molecule has 138 valence electrons. The minimum Gasteiger partial charge on any atom is -0.492 e. The first-order valence-electron chi connectivity index (χ1n) is 7.82. The van der Waals surface area contributed by atoms with Gasteiger partial charge in [-0.3, -0.25) is 4.79 Å². The molecule has 0 fully saturated rings. The van der Waals surface area contributed by atoms with E-state index < -0.39 is 21.7 Å². The Morgan fingerprint density at radius 1 is 1.27 bits per heavy atom. The fourth-order valence-electron chi connectivity index (χ4n) is 2.14. The Balaban J connectivity index is 2.38. The molecule has 26 heavy (non-hydrogen) atoms. The molecule has 1 amide bonds. The number of nitrogens with one attached hydrogen (secondary N) is 2. The number of carbonyl (C=O) groups is 1. The molecule has 2 N–H and O–H groups in total. The Kier molecular flexibility index (Phi) is 6.48. The molecular weight excluding hydrogens is 359 g/mol. The van der Waals surface area contributed by atoms with Gasteiger partial charge in [0.15, 0.2) is 0 Å². The Hall–Kier alpha value is -2.71. The first-order valence-corrected chi connectivity index (χ1v) is 9.30. The van der Waals surface area contributed by atoms with Gasteiger partial charge in [0.05, 0.1) is 22.8 Å². The third-order valence-electron chi connectivity index (χ3n) is 3.35. The number of benzene rings is 2. The second kappa shape index (κ2) is 8.59. The van der Waals surface area contributed by atoms with E-state index in [1.54, 1.807) is 6.92 Å². The zero-order valence-corrected chi connectivity index (χ0v) is 15.0. The van der Waals surface area contributed by atoms with Crippen LogP contribution in [0.25, 0.3) is 0 Å². The van der Waals surface area contributed by atoms with Crippen molar-refractivity contribution in [1.82, 2.24) is 4.72 Å². The zero-order chi connectivity index (χ0) is 19.2. The highest BCUT2D eigenvalue weighted by Gasteiger charge is 2.18. The smallest absolute Gasteiger partial charge is 0.258 e. The van der Waals surface area contributed by atoms with Crippen LogP contribution in [0.2, 0.25) is 0 Å². The molecule has 2 rings (SSSR count). The van der Waals surface area contributed by atoms with Gasteiger partial charge >= 0.3 is 0 Å². The average molecular weight is 378 g/mol. The van der Waals surface area contributed by atoms with Crippen molar-refractivity contribution >= 4 is 21.6 Å². The lowest BCUT2D eigenvalue weighted by molar-refractivity contribution is 0.102. The van der Waals surface area contributed by atoms with Crippen LogP contribution in [-0.4, -0.2) is 27.5 Å². The number of carbonyl (C=O) groups excluding carboxylic acids is 1. The molecule has 0 bridgehead atoms. The van der Waals surface area contributed by atoms with Crippen LogP contribution in [-0.2, 0) is 10.0 Å². The molecule has 0 heterocycles. The average Bonchev–Trinajstić information content (AvgIpc) is 2.62. The molecule has 0 aliphatic rings. The van der Waals surface area contributed by atoms with Gasteiger partial charge in [-0.25, -0.2) is 17.5 Å². The first-order chi connectivity index (χ1) is 12.4. The summed E-state index contributed by atoms with van der Waals surface area (Å²) in [4.78, 5) is 12.3. The first kappa shape index (κ1) is 19.6. The lowest BCUT2D eigenvalue weighted by atomic mass is 10.2. The van der Waals surface area contributed by atoms with Crippen LogP contribution in [0.1, 0.15) is 17.3 Å². The maximum absolute atomic E-state index is 13.8. The lowest BCUT2D eigenvalue weighted by Gasteiger charge is -2.14. The van der Waals surface area contributed by atoms with Crippen molar-refractivity contribution in [2.75, 3.05) is 18.5 Å². The topological polar surface area (TPSA) is 84.5 Å². The summed E-state index contributed by atoms with van der Waals surface area (Å²) in [5.41, 5.74) is -0.0328. The summed E-state index contributed by atoms with van der Waals surface area (Å²) in [5.74, 6) is -1.11. The predicted molar refractivity (Wildman–Crippen MR) is 97.3 cm³/mol. The van der Waals surface area contributed by atoms with Gasteiger partial charge in [-0.15, -0.1) is 6.58 Å². The van der Waals surface area contributed by atoms with E-state index in [1.165, 1.54) is 48.5 Å². The number of hydrogen-bond acceptors (Lipinski definition) is 4.